The third-order valence-electron chi connectivity index (χ3n) is 3.69. The van der Waals surface area contributed by atoms with Gasteiger partial charge in [-0.1, -0.05) is 12.1 Å². The van der Waals surface area contributed by atoms with Crippen molar-refractivity contribution in [3.05, 3.63) is 53.9 Å². The Labute approximate surface area is 125 Å². The summed E-state index contributed by atoms with van der Waals surface area (Å²) in [5, 5.41) is 3.55. The summed E-state index contributed by atoms with van der Waals surface area (Å²) in [6.45, 7) is 1.16. The topological polar surface area (TPSA) is 43.4 Å². The van der Waals surface area contributed by atoms with Crippen LogP contribution in [0, 0.1) is 0 Å². The number of nitrogens with one attached hydrogen (secondary N) is 1. The van der Waals surface area contributed by atoms with Gasteiger partial charge in [-0.3, -0.25) is 4.98 Å². The number of nitrogens with zero attached hydrogens (tertiary/aromatic N) is 1. The van der Waals surface area contributed by atoms with E-state index in [1.807, 2.05) is 30.5 Å². The van der Waals surface area contributed by atoms with Gasteiger partial charge in [0.2, 0.25) is 0 Å². The number of aromatic nitrogens is 1. The molecule has 0 spiro atoms. The van der Waals surface area contributed by atoms with E-state index in [1.54, 1.807) is 7.11 Å². The molecule has 1 aliphatic carbocycles. The lowest BCUT2D eigenvalue weighted by atomic mass is 10.2. The molecule has 0 saturated carbocycles. The van der Waals surface area contributed by atoms with E-state index in [9.17, 15) is 0 Å². The van der Waals surface area contributed by atoms with Gasteiger partial charge < -0.3 is 14.8 Å². The lowest BCUT2D eigenvalue weighted by Crippen LogP contribution is -2.09. The Bertz CT molecular complexity index is 601. The van der Waals surface area contributed by atoms with Crippen molar-refractivity contribution in [2.24, 2.45) is 0 Å². The summed E-state index contributed by atoms with van der Waals surface area (Å²) in [6, 6.07) is 12.5. The molecule has 4 nitrogen and oxygen atoms in total. The SMILES string of the molecule is COCCOc1cccc(NC2CCc3cccnc32)c1. The van der Waals surface area contributed by atoms with E-state index in [0.717, 1.165) is 24.3 Å². The molecule has 1 aromatic carbocycles. The third kappa shape index (κ3) is 3.34. The number of benzene rings is 1. The first-order chi connectivity index (χ1) is 10.4. The van der Waals surface area contributed by atoms with Crippen molar-refractivity contribution in [1.29, 1.82) is 0 Å². The Kier molecular flexibility index (Phi) is 4.36. The van der Waals surface area contributed by atoms with Crippen LogP contribution in [0.25, 0.3) is 0 Å². The van der Waals surface area contributed by atoms with Crippen LogP contribution in [0.15, 0.2) is 42.6 Å². The van der Waals surface area contributed by atoms with Crippen molar-refractivity contribution >= 4 is 5.69 Å². The number of hydrogen-bond acceptors (Lipinski definition) is 4. The molecule has 1 heterocycles. The number of hydrogen-bond donors (Lipinski definition) is 1. The first-order valence-electron chi connectivity index (χ1n) is 7.29. The maximum Gasteiger partial charge on any atom is 0.121 e. The fraction of sp³-hybridized carbons (Fsp3) is 0.353. The minimum Gasteiger partial charge on any atom is -0.491 e. The predicted molar refractivity (Wildman–Crippen MR) is 82.7 cm³/mol. The number of methoxy groups -OCH3 is 1. The average molecular weight is 284 g/mol. The monoisotopic (exact) mass is 284 g/mol. The van der Waals surface area contributed by atoms with E-state index in [0.29, 0.717) is 13.2 Å². The van der Waals surface area contributed by atoms with Gasteiger partial charge in [-0.25, -0.2) is 0 Å². The fourth-order valence-electron chi connectivity index (χ4n) is 2.67. The summed E-state index contributed by atoms with van der Waals surface area (Å²) in [4.78, 5) is 4.51. The van der Waals surface area contributed by atoms with E-state index in [4.69, 9.17) is 9.47 Å². The van der Waals surface area contributed by atoms with Gasteiger partial charge >= 0.3 is 0 Å². The highest BCUT2D eigenvalue weighted by Crippen LogP contribution is 2.32. The molecule has 2 aromatic rings. The highest BCUT2D eigenvalue weighted by molar-refractivity contribution is 5.50. The second-order valence-electron chi connectivity index (χ2n) is 5.15. The Morgan fingerprint density at radius 3 is 3.10 bits per heavy atom. The number of fused-ring (bicyclic) bond motifs is 1. The Morgan fingerprint density at radius 1 is 1.24 bits per heavy atom. The van der Waals surface area contributed by atoms with Crippen LogP contribution in [0.3, 0.4) is 0 Å². The molecule has 0 bridgehead atoms. The first-order valence-corrected chi connectivity index (χ1v) is 7.29. The number of anilines is 1. The molecule has 3 rings (SSSR count). The quantitative estimate of drug-likeness (QED) is 0.827. The molecular formula is C17H20N2O2. The van der Waals surface area contributed by atoms with Crippen LogP contribution in [0.2, 0.25) is 0 Å². The van der Waals surface area contributed by atoms with E-state index in [-0.39, 0.29) is 6.04 Å². The molecule has 110 valence electrons. The molecule has 1 atom stereocenters. The minimum absolute atomic E-state index is 0.287. The van der Waals surface area contributed by atoms with E-state index < -0.39 is 0 Å². The molecule has 0 aliphatic heterocycles. The Morgan fingerprint density at radius 2 is 2.19 bits per heavy atom. The molecule has 1 aliphatic rings. The van der Waals surface area contributed by atoms with Crippen LogP contribution >= 0.6 is 0 Å². The molecule has 0 saturated heterocycles. The highest BCUT2D eigenvalue weighted by atomic mass is 16.5. The van der Waals surface area contributed by atoms with Gasteiger partial charge in [-0.2, -0.15) is 0 Å². The van der Waals surface area contributed by atoms with Gasteiger partial charge in [0.25, 0.3) is 0 Å². The smallest absolute Gasteiger partial charge is 0.121 e. The standard InChI is InChI=1S/C17H20N2O2/c1-20-10-11-21-15-6-2-5-14(12-15)19-16-8-7-13-4-3-9-18-17(13)16/h2-6,9,12,16,19H,7-8,10-11H2,1H3. The number of ether oxygens (including phenoxy) is 2. The van der Waals surface area contributed by atoms with E-state index in [1.165, 1.54) is 11.3 Å². The van der Waals surface area contributed by atoms with Crippen molar-refractivity contribution < 1.29 is 9.47 Å². The zero-order valence-corrected chi connectivity index (χ0v) is 12.2. The fourth-order valence-corrected chi connectivity index (χ4v) is 2.67. The maximum absolute atomic E-state index is 5.64. The van der Waals surface area contributed by atoms with Gasteiger partial charge in [-0.05, 0) is 36.6 Å². The molecule has 0 amide bonds. The zero-order chi connectivity index (χ0) is 14.5. The summed E-state index contributed by atoms with van der Waals surface area (Å²) < 4.78 is 10.6. The molecule has 1 N–H and O–H groups in total. The summed E-state index contributed by atoms with van der Waals surface area (Å²) >= 11 is 0. The van der Waals surface area contributed by atoms with Gasteiger partial charge in [0.15, 0.2) is 0 Å². The molecule has 0 fully saturated rings. The largest absolute Gasteiger partial charge is 0.491 e. The van der Waals surface area contributed by atoms with Gasteiger partial charge in [-0.15, -0.1) is 0 Å². The minimum atomic E-state index is 0.287. The van der Waals surface area contributed by atoms with Crippen molar-refractivity contribution in [3.8, 4) is 5.75 Å². The lowest BCUT2D eigenvalue weighted by Gasteiger charge is -2.15. The second-order valence-corrected chi connectivity index (χ2v) is 5.15. The van der Waals surface area contributed by atoms with E-state index >= 15 is 0 Å². The van der Waals surface area contributed by atoms with Gasteiger partial charge in [0.05, 0.1) is 18.3 Å². The Hall–Kier alpha value is -2.07. The highest BCUT2D eigenvalue weighted by Gasteiger charge is 2.23. The molecule has 1 aromatic heterocycles. The van der Waals surface area contributed by atoms with Crippen LogP contribution in [-0.2, 0) is 11.2 Å². The molecule has 0 radical (unpaired) electrons. The summed E-state index contributed by atoms with van der Waals surface area (Å²) in [5.74, 6) is 0.858. The van der Waals surface area contributed by atoms with Crippen molar-refractivity contribution in [3.63, 3.8) is 0 Å². The van der Waals surface area contributed by atoms with Crippen molar-refractivity contribution in [2.45, 2.75) is 18.9 Å². The summed E-state index contributed by atoms with van der Waals surface area (Å²) in [5.41, 5.74) is 3.58. The van der Waals surface area contributed by atoms with Crippen LogP contribution < -0.4 is 10.1 Å². The van der Waals surface area contributed by atoms with Crippen LogP contribution in [0.5, 0.6) is 5.75 Å². The number of pyridine rings is 1. The molecular weight excluding hydrogens is 264 g/mol. The summed E-state index contributed by atoms with van der Waals surface area (Å²) in [6.07, 6.45) is 4.04. The van der Waals surface area contributed by atoms with Crippen LogP contribution in [-0.4, -0.2) is 25.3 Å². The van der Waals surface area contributed by atoms with Gasteiger partial charge in [0.1, 0.15) is 12.4 Å². The maximum atomic E-state index is 5.64. The zero-order valence-electron chi connectivity index (χ0n) is 12.2. The summed E-state index contributed by atoms with van der Waals surface area (Å²) in [7, 11) is 1.67. The first kappa shape index (κ1) is 13.9. The van der Waals surface area contributed by atoms with Crippen LogP contribution in [0.4, 0.5) is 5.69 Å². The molecule has 4 heteroatoms. The van der Waals surface area contributed by atoms with Gasteiger partial charge in [0, 0.05) is 25.1 Å². The van der Waals surface area contributed by atoms with Crippen molar-refractivity contribution in [2.75, 3.05) is 25.6 Å². The normalized spacial score (nSPS) is 16.5. The van der Waals surface area contributed by atoms with Crippen molar-refractivity contribution in [1.82, 2.24) is 4.98 Å². The molecule has 1 unspecified atom stereocenters. The number of rotatable bonds is 6. The molecule has 21 heavy (non-hydrogen) atoms. The Balaban J connectivity index is 1.67. The predicted octanol–water partition coefficient (Wildman–Crippen LogP) is 3.21. The van der Waals surface area contributed by atoms with E-state index in [2.05, 4.69) is 22.4 Å². The van der Waals surface area contributed by atoms with Crippen LogP contribution in [0.1, 0.15) is 23.7 Å². The number of aryl methyl sites for hydroxylation is 1. The second kappa shape index (κ2) is 6.59. The lowest BCUT2D eigenvalue weighted by molar-refractivity contribution is 0.146. The third-order valence-corrected chi connectivity index (χ3v) is 3.69. The average Bonchev–Trinajstić information content (AvgIpc) is 2.91.